The first-order valence-corrected chi connectivity index (χ1v) is 9.94. The Labute approximate surface area is 176 Å². The molecule has 0 spiro atoms. The number of hydrogen-bond acceptors (Lipinski definition) is 4. The molecule has 1 amide bonds. The van der Waals surface area contributed by atoms with Gasteiger partial charge in [-0.15, -0.1) is 0 Å². The Morgan fingerprint density at radius 1 is 1.23 bits per heavy atom. The van der Waals surface area contributed by atoms with Crippen LogP contribution in [-0.4, -0.2) is 27.3 Å². The Balaban J connectivity index is 1.64. The average molecular weight is 430 g/mol. The molecule has 1 fully saturated rings. The molecule has 162 valence electrons. The van der Waals surface area contributed by atoms with Crippen molar-refractivity contribution in [1.29, 1.82) is 0 Å². The molecule has 1 aliphatic heterocycles. The second kappa shape index (κ2) is 8.50. The molecule has 0 aliphatic carbocycles. The van der Waals surface area contributed by atoms with Crippen molar-refractivity contribution >= 4 is 28.6 Å². The maximum Gasteiger partial charge on any atom is 0.248 e. The Morgan fingerprint density at radius 3 is 2.77 bits per heavy atom. The van der Waals surface area contributed by atoms with E-state index in [4.69, 9.17) is 4.74 Å². The molecular formula is C22H21F3N4O2. The molecule has 3 heterocycles. The van der Waals surface area contributed by atoms with E-state index in [1.165, 1.54) is 23.9 Å². The van der Waals surface area contributed by atoms with Crippen LogP contribution in [0.3, 0.4) is 0 Å². The number of nitrogens with zero attached hydrogens (tertiary/aromatic N) is 3. The van der Waals surface area contributed by atoms with Gasteiger partial charge in [0.05, 0.1) is 23.8 Å². The molecule has 1 N–H and O–H groups in total. The highest BCUT2D eigenvalue weighted by molar-refractivity contribution is 6.03. The number of benzene rings is 1. The first kappa shape index (κ1) is 21.0. The molecule has 0 saturated carbocycles. The van der Waals surface area contributed by atoms with Crippen LogP contribution in [0.5, 0.6) is 0 Å². The molecule has 1 unspecified atom stereocenters. The minimum absolute atomic E-state index is 0.120. The lowest BCUT2D eigenvalue weighted by atomic mass is 10.1. The summed E-state index contributed by atoms with van der Waals surface area (Å²) >= 11 is 0. The van der Waals surface area contributed by atoms with E-state index in [2.05, 4.69) is 15.4 Å². The van der Waals surface area contributed by atoms with Gasteiger partial charge in [0.15, 0.2) is 12.0 Å². The fraction of sp³-hybridized carbons (Fsp3) is 0.318. The van der Waals surface area contributed by atoms with Crippen molar-refractivity contribution in [3.63, 3.8) is 0 Å². The molecule has 31 heavy (non-hydrogen) atoms. The van der Waals surface area contributed by atoms with Gasteiger partial charge in [-0.2, -0.15) is 5.10 Å². The Kier molecular flexibility index (Phi) is 5.77. The van der Waals surface area contributed by atoms with Crippen LogP contribution in [0.4, 0.5) is 18.9 Å². The molecule has 1 atom stereocenters. The number of pyridine rings is 1. The van der Waals surface area contributed by atoms with Crippen molar-refractivity contribution in [1.82, 2.24) is 14.8 Å². The summed E-state index contributed by atoms with van der Waals surface area (Å²) in [6.07, 6.45) is 6.62. The summed E-state index contributed by atoms with van der Waals surface area (Å²) in [7, 11) is 0. The van der Waals surface area contributed by atoms with E-state index in [1.54, 1.807) is 6.92 Å². The van der Waals surface area contributed by atoms with Crippen LogP contribution in [0.1, 0.15) is 42.3 Å². The van der Waals surface area contributed by atoms with Gasteiger partial charge in [0, 0.05) is 29.2 Å². The third kappa shape index (κ3) is 4.05. The maximum absolute atomic E-state index is 15.2. The summed E-state index contributed by atoms with van der Waals surface area (Å²) < 4.78 is 50.6. The molecule has 1 saturated heterocycles. The van der Waals surface area contributed by atoms with Gasteiger partial charge in [0.2, 0.25) is 5.91 Å². The van der Waals surface area contributed by atoms with Gasteiger partial charge >= 0.3 is 0 Å². The van der Waals surface area contributed by atoms with Crippen molar-refractivity contribution in [3.05, 3.63) is 58.8 Å². The van der Waals surface area contributed by atoms with E-state index < -0.39 is 29.6 Å². The minimum atomic E-state index is -0.828. The second-order valence-electron chi connectivity index (χ2n) is 7.45. The zero-order chi connectivity index (χ0) is 22.1. The molecular weight excluding hydrogens is 409 g/mol. The predicted molar refractivity (Wildman–Crippen MR) is 110 cm³/mol. The monoisotopic (exact) mass is 430 g/mol. The van der Waals surface area contributed by atoms with Crippen molar-refractivity contribution in [2.75, 3.05) is 11.9 Å². The van der Waals surface area contributed by atoms with E-state index in [0.29, 0.717) is 24.1 Å². The summed E-state index contributed by atoms with van der Waals surface area (Å²) in [5.41, 5.74) is 0.624. The van der Waals surface area contributed by atoms with Gasteiger partial charge < -0.3 is 10.1 Å². The van der Waals surface area contributed by atoms with E-state index >= 15 is 4.39 Å². The molecule has 6 nitrogen and oxygen atoms in total. The Hall–Kier alpha value is -3.20. The molecule has 0 bridgehead atoms. The third-order valence-electron chi connectivity index (χ3n) is 5.35. The van der Waals surface area contributed by atoms with Gasteiger partial charge in [-0.1, -0.05) is 0 Å². The van der Waals surface area contributed by atoms with E-state index in [9.17, 15) is 13.6 Å². The zero-order valence-corrected chi connectivity index (χ0v) is 17.1. The third-order valence-corrected chi connectivity index (χ3v) is 5.35. The first-order valence-electron chi connectivity index (χ1n) is 9.94. The summed E-state index contributed by atoms with van der Waals surface area (Å²) in [5, 5.41) is 7.00. The van der Waals surface area contributed by atoms with Crippen molar-refractivity contribution in [2.45, 2.75) is 39.3 Å². The molecule has 0 radical (unpaired) electrons. The Bertz CT molecular complexity index is 1180. The predicted octanol–water partition coefficient (Wildman–Crippen LogP) is 4.82. The maximum atomic E-state index is 15.2. The van der Waals surface area contributed by atoms with Gasteiger partial charge in [-0.25, -0.2) is 17.9 Å². The second-order valence-corrected chi connectivity index (χ2v) is 7.45. The topological polar surface area (TPSA) is 69.0 Å². The zero-order valence-electron chi connectivity index (χ0n) is 17.1. The summed E-state index contributed by atoms with van der Waals surface area (Å²) in [5.74, 6) is -2.88. The largest absolute Gasteiger partial charge is 0.356 e. The standard InChI is InChI=1S/C22H21F3N4O2/c1-12-17(24)11-26-13(2)21(12)28-18(30)7-6-15-16(23)9-14-10-27-29(22(14)20(15)25)19-5-3-4-8-31-19/h6-7,9-11,19H,3-5,8H2,1-2H3,(H,28,30)/b7-6+. The summed E-state index contributed by atoms with van der Waals surface area (Å²) in [4.78, 5) is 16.2. The number of amides is 1. The first-order chi connectivity index (χ1) is 14.9. The van der Waals surface area contributed by atoms with Crippen LogP contribution in [-0.2, 0) is 9.53 Å². The van der Waals surface area contributed by atoms with Crippen LogP contribution in [0.2, 0.25) is 0 Å². The molecule has 1 aliphatic rings. The highest BCUT2D eigenvalue weighted by Crippen LogP contribution is 2.30. The SMILES string of the molecule is Cc1ncc(F)c(C)c1NC(=O)/C=C/c1c(F)cc2cnn(C3CCCCO3)c2c1F. The van der Waals surface area contributed by atoms with Gasteiger partial charge in [-0.3, -0.25) is 9.78 Å². The number of aryl methyl sites for hydroxylation is 1. The number of nitrogens with one attached hydrogen (secondary N) is 1. The molecule has 9 heteroatoms. The van der Waals surface area contributed by atoms with Gasteiger partial charge in [-0.05, 0) is 45.3 Å². The quantitative estimate of drug-likeness (QED) is 0.603. The van der Waals surface area contributed by atoms with Crippen molar-refractivity contribution < 1.29 is 22.7 Å². The van der Waals surface area contributed by atoms with Crippen LogP contribution < -0.4 is 5.32 Å². The van der Waals surface area contributed by atoms with E-state index in [1.807, 2.05) is 0 Å². The smallest absolute Gasteiger partial charge is 0.248 e. The van der Waals surface area contributed by atoms with Crippen LogP contribution in [0.15, 0.2) is 24.5 Å². The summed E-state index contributed by atoms with van der Waals surface area (Å²) in [6.45, 7) is 3.67. The van der Waals surface area contributed by atoms with Crippen LogP contribution in [0, 0.1) is 31.3 Å². The number of rotatable bonds is 4. The van der Waals surface area contributed by atoms with Gasteiger partial charge in [0.25, 0.3) is 0 Å². The number of carbonyl (C=O) groups is 1. The van der Waals surface area contributed by atoms with Crippen LogP contribution >= 0.6 is 0 Å². The fourth-order valence-corrected chi connectivity index (χ4v) is 3.66. The normalized spacial score (nSPS) is 16.9. The van der Waals surface area contributed by atoms with E-state index in [0.717, 1.165) is 31.2 Å². The van der Waals surface area contributed by atoms with Crippen LogP contribution in [0.25, 0.3) is 17.0 Å². The number of aromatic nitrogens is 3. The van der Waals surface area contributed by atoms with Gasteiger partial charge in [0.1, 0.15) is 17.2 Å². The molecule has 4 rings (SSSR count). The lowest BCUT2D eigenvalue weighted by molar-refractivity contribution is -0.111. The highest BCUT2D eigenvalue weighted by Gasteiger charge is 2.23. The minimum Gasteiger partial charge on any atom is -0.356 e. The highest BCUT2D eigenvalue weighted by atomic mass is 19.1. The number of carbonyl (C=O) groups excluding carboxylic acids is 1. The number of fused-ring (bicyclic) bond motifs is 1. The Morgan fingerprint density at radius 2 is 2.03 bits per heavy atom. The summed E-state index contributed by atoms with van der Waals surface area (Å²) in [6, 6.07) is 1.17. The fourth-order valence-electron chi connectivity index (χ4n) is 3.66. The van der Waals surface area contributed by atoms with Crippen molar-refractivity contribution in [3.8, 4) is 0 Å². The molecule has 2 aromatic heterocycles. The number of halogens is 3. The average Bonchev–Trinajstić information content (AvgIpc) is 3.18. The lowest BCUT2D eigenvalue weighted by Gasteiger charge is -2.23. The number of anilines is 1. The number of ether oxygens (including phenoxy) is 1. The number of hydrogen-bond donors (Lipinski definition) is 1. The van der Waals surface area contributed by atoms with E-state index in [-0.39, 0.29) is 22.3 Å². The lowest BCUT2D eigenvalue weighted by Crippen LogP contribution is -2.19. The van der Waals surface area contributed by atoms with Crippen molar-refractivity contribution in [2.24, 2.45) is 0 Å². The molecule has 1 aromatic carbocycles. The molecule has 3 aromatic rings.